The number of aliphatic imine (C=N–C) groups is 1. The topological polar surface area (TPSA) is 90.8 Å². The molecule has 4 atom stereocenters. The third-order valence-corrected chi connectivity index (χ3v) is 7.65. The van der Waals surface area contributed by atoms with Crippen LogP contribution in [0.1, 0.15) is 31.7 Å². The molecule has 0 fully saturated rings. The molecule has 2 heterocycles. The second kappa shape index (κ2) is 11.0. The Labute approximate surface area is 180 Å². The van der Waals surface area contributed by atoms with Crippen LogP contribution in [0.5, 0.6) is 0 Å². The van der Waals surface area contributed by atoms with Gasteiger partial charge in [-0.25, -0.2) is 0 Å². The average molecular weight is 436 g/mol. The summed E-state index contributed by atoms with van der Waals surface area (Å²) in [7, 11) is 0. The van der Waals surface area contributed by atoms with Crippen molar-refractivity contribution in [2.75, 3.05) is 18.1 Å². The minimum Gasteiger partial charge on any atom is -0.394 e. The molecule has 1 aromatic rings. The first-order chi connectivity index (χ1) is 14.1. The van der Waals surface area contributed by atoms with Crippen molar-refractivity contribution >= 4 is 40.4 Å². The van der Waals surface area contributed by atoms with Crippen molar-refractivity contribution in [2.45, 2.75) is 56.0 Å². The number of hydrogen-bond donors (Lipinski definition) is 3. The highest BCUT2D eigenvalue weighted by molar-refractivity contribution is 8.14. The fourth-order valence-corrected chi connectivity index (χ4v) is 5.95. The molecule has 0 unspecified atom stereocenters. The van der Waals surface area contributed by atoms with E-state index < -0.39 is 6.04 Å². The number of rotatable bonds is 5. The number of aliphatic hydroxyl groups is 1. The molecule has 2 aliphatic rings. The van der Waals surface area contributed by atoms with Gasteiger partial charge in [-0.2, -0.15) is 11.8 Å². The number of amides is 2. The summed E-state index contributed by atoms with van der Waals surface area (Å²) in [6.07, 6.45) is 2.99. The highest BCUT2D eigenvalue weighted by Crippen LogP contribution is 2.25. The SMILES string of the molecule is CCC[C@H]1CC(=O)N[C@@H](Cc2ccccc2)C2=N[C@H](CS2)C(=O)N[C@H](CO)CS1. The summed E-state index contributed by atoms with van der Waals surface area (Å²) in [5.74, 6) is 1.02. The van der Waals surface area contributed by atoms with Gasteiger partial charge in [-0.15, -0.1) is 11.8 Å². The van der Waals surface area contributed by atoms with Crippen molar-refractivity contribution in [3.63, 3.8) is 0 Å². The molecule has 2 amide bonds. The second-order valence-corrected chi connectivity index (χ2v) is 9.81. The maximum Gasteiger partial charge on any atom is 0.246 e. The summed E-state index contributed by atoms with van der Waals surface area (Å²) in [6, 6.07) is 9.00. The normalized spacial score (nSPS) is 28.4. The quantitative estimate of drug-likeness (QED) is 0.658. The summed E-state index contributed by atoms with van der Waals surface area (Å²) in [5.41, 5.74) is 1.12. The average Bonchev–Trinajstić information content (AvgIpc) is 3.21. The molecular formula is C21H29N3O3S2. The van der Waals surface area contributed by atoms with E-state index in [1.165, 1.54) is 11.8 Å². The zero-order chi connectivity index (χ0) is 20.6. The van der Waals surface area contributed by atoms with Gasteiger partial charge in [0.05, 0.1) is 23.7 Å². The van der Waals surface area contributed by atoms with Crippen LogP contribution >= 0.6 is 23.5 Å². The first-order valence-electron chi connectivity index (χ1n) is 10.2. The molecule has 0 aromatic heterocycles. The third kappa shape index (κ3) is 6.49. The molecule has 6 nitrogen and oxygen atoms in total. The summed E-state index contributed by atoms with van der Waals surface area (Å²) in [5, 5.41) is 16.7. The maximum atomic E-state index is 12.8. The standard InChI is InChI=1S/C21H29N3O3S2/c1-2-6-16-10-19(26)23-17(9-14-7-4-3-5-8-14)21-24-18(13-29-21)20(27)22-15(11-25)12-28-16/h3-5,7-8,15-18,25H,2,6,9-13H2,1H3,(H,22,27)(H,23,26)/t15-,16+,17+,18-/m1/s1. The molecule has 29 heavy (non-hydrogen) atoms. The zero-order valence-electron chi connectivity index (χ0n) is 16.7. The first-order valence-corrected chi connectivity index (χ1v) is 12.2. The van der Waals surface area contributed by atoms with Crippen molar-refractivity contribution < 1.29 is 14.7 Å². The van der Waals surface area contributed by atoms with Gasteiger partial charge in [0.2, 0.25) is 11.8 Å². The van der Waals surface area contributed by atoms with Crippen LogP contribution in [-0.2, 0) is 16.0 Å². The van der Waals surface area contributed by atoms with Gasteiger partial charge in [0.1, 0.15) is 6.04 Å². The lowest BCUT2D eigenvalue weighted by atomic mass is 10.1. The van der Waals surface area contributed by atoms with Crippen molar-refractivity contribution in [3.05, 3.63) is 35.9 Å². The molecule has 0 saturated carbocycles. The number of thioether (sulfide) groups is 2. The van der Waals surface area contributed by atoms with E-state index in [0.29, 0.717) is 24.3 Å². The van der Waals surface area contributed by atoms with Gasteiger partial charge in [0.15, 0.2) is 0 Å². The molecule has 0 saturated heterocycles. The van der Waals surface area contributed by atoms with Crippen LogP contribution in [0.3, 0.4) is 0 Å². The summed E-state index contributed by atoms with van der Waals surface area (Å²) < 4.78 is 0. The van der Waals surface area contributed by atoms with Crippen LogP contribution in [0.15, 0.2) is 35.3 Å². The van der Waals surface area contributed by atoms with Crippen LogP contribution in [0.25, 0.3) is 0 Å². The van der Waals surface area contributed by atoms with Crippen LogP contribution < -0.4 is 10.6 Å². The smallest absolute Gasteiger partial charge is 0.246 e. The molecule has 0 aliphatic carbocycles. The van der Waals surface area contributed by atoms with Gasteiger partial charge in [0, 0.05) is 23.2 Å². The Morgan fingerprint density at radius 1 is 1.17 bits per heavy atom. The first kappa shape index (κ1) is 22.2. The number of carbonyl (C=O) groups excluding carboxylic acids is 2. The van der Waals surface area contributed by atoms with Crippen LogP contribution in [0, 0.1) is 0 Å². The number of carbonyl (C=O) groups is 2. The number of hydrogen-bond acceptors (Lipinski definition) is 6. The number of aliphatic hydroxyl groups excluding tert-OH is 1. The van der Waals surface area contributed by atoms with Gasteiger partial charge < -0.3 is 15.7 Å². The van der Waals surface area contributed by atoms with Gasteiger partial charge >= 0.3 is 0 Å². The predicted octanol–water partition coefficient (Wildman–Crippen LogP) is 2.01. The molecule has 0 spiro atoms. The van der Waals surface area contributed by atoms with Gasteiger partial charge in [-0.3, -0.25) is 14.6 Å². The van der Waals surface area contributed by atoms with Crippen molar-refractivity contribution in [2.24, 2.45) is 4.99 Å². The second-order valence-electron chi connectivity index (χ2n) is 7.44. The Bertz CT molecular complexity index is 729. The van der Waals surface area contributed by atoms with Crippen LogP contribution in [-0.4, -0.2) is 63.5 Å². The lowest BCUT2D eigenvalue weighted by Gasteiger charge is -2.22. The highest BCUT2D eigenvalue weighted by Gasteiger charge is 2.32. The lowest BCUT2D eigenvalue weighted by Crippen LogP contribution is -2.44. The minimum atomic E-state index is -0.476. The van der Waals surface area contributed by atoms with Crippen LogP contribution in [0.2, 0.25) is 0 Å². The Balaban J connectivity index is 1.83. The van der Waals surface area contributed by atoms with E-state index in [2.05, 4.69) is 22.5 Å². The number of benzene rings is 1. The molecule has 0 radical (unpaired) electrons. The largest absolute Gasteiger partial charge is 0.394 e. The van der Waals surface area contributed by atoms with E-state index in [9.17, 15) is 14.7 Å². The minimum absolute atomic E-state index is 0.0164. The Morgan fingerprint density at radius 2 is 1.97 bits per heavy atom. The van der Waals surface area contributed by atoms with E-state index in [-0.39, 0.29) is 35.8 Å². The summed E-state index contributed by atoms with van der Waals surface area (Å²) in [6.45, 7) is 1.99. The molecule has 8 heteroatoms. The summed E-state index contributed by atoms with van der Waals surface area (Å²) >= 11 is 3.19. The van der Waals surface area contributed by atoms with Gasteiger partial charge in [-0.05, 0) is 18.4 Å². The zero-order valence-corrected chi connectivity index (χ0v) is 18.3. The van der Waals surface area contributed by atoms with E-state index in [4.69, 9.17) is 0 Å². The number of nitrogens with one attached hydrogen (secondary N) is 2. The Kier molecular flexibility index (Phi) is 8.44. The highest BCUT2D eigenvalue weighted by atomic mass is 32.2. The van der Waals surface area contributed by atoms with Crippen molar-refractivity contribution in [1.82, 2.24) is 10.6 Å². The summed E-state index contributed by atoms with van der Waals surface area (Å²) in [4.78, 5) is 30.1. The molecule has 2 aliphatic heterocycles. The maximum absolute atomic E-state index is 12.8. The fraction of sp³-hybridized carbons (Fsp3) is 0.571. The Hall–Kier alpha value is -1.51. The van der Waals surface area contributed by atoms with Crippen LogP contribution in [0.4, 0.5) is 0 Å². The fourth-order valence-electron chi connectivity index (χ4n) is 3.48. The van der Waals surface area contributed by atoms with Gasteiger partial charge in [0.25, 0.3) is 0 Å². The lowest BCUT2D eigenvalue weighted by molar-refractivity contribution is -0.122. The van der Waals surface area contributed by atoms with E-state index in [1.807, 2.05) is 30.3 Å². The molecule has 3 rings (SSSR count). The van der Waals surface area contributed by atoms with Gasteiger partial charge in [-0.1, -0.05) is 43.7 Å². The predicted molar refractivity (Wildman–Crippen MR) is 121 cm³/mol. The van der Waals surface area contributed by atoms with Crippen molar-refractivity contribution in [1.29, 1.82) is 0 Å². The van der Waals surface area contributed by atoms with Crippen molar-refractivity contribution in [3.8, 4) is 0 Å². The third-order valence-electron chi connectivity index (χ3n) is 5.01. The number of fused-ring (bicyclic) bond motifs is 1. The van der Waals surface area contributed by atoms with E-state index >= 15 is 0 Å². The molecular weight excluding hydrogens is 406 g/mol. The molecule has 2 bridgehead atoms. The molecule has 3 N–H and O–H groups in total. The monoisotopic (exact) mass is 435 g/mol. The number of nitrogens with zero attached hydrogens (tertiary/aromatic N) is 1. The molecule has 158 valence electrons. The van der Waals surface area contributed by atoms with E-state index in [1.54, 1.807) is 11.8 Å². The Morgan fingerprint density at radius 3 is 2.69 bits per heavy atom. The molecule has 1 aromatic carbocycles. The van der Waals surface area contributed by atoms with E-state index in [0.717, 1.165) is 23.4 Å².